The van der Waals surface area contributed by atoms with E-state index in [1.807, 2.05) is 47.2 Å². The Hall–Kier alpha value is -3.42. The third kappa shape index (κ3) is 3.63. The molecule has 1 aromatic rings. The zero-order chi connectivity index (χ0) is 25.3. The van der Waals surface area contributed by atoms with Gasteiger partial charge in [-0.25, -0.2) is 0 Å². The third-order valence-electron chi connectivity index (χ3n) is 9.38. The number of benzene rings is 1. The first-order valence-electron chi connectivity index (χ1n) is 13.6. The van der Waals surface area contributed by atoms with Crippen molar-refractivity contribution < 1.29 is 9.59 Å². The van der Waals surface area contributed by atoms with E-state index in [4.69, 9.17) is 0 Å². The van der Waals surface area contributed by atoms with Crippen molar-refractivity contribution in [2.45, 2.75) is 38.5 Å². The van der Waals surface area contributed by atoms with Crippen LogP contribution in [0.15, 0.2) is 47.5 Å². The molecule has 0 spiro atoms. The van der Waals surface area contributed by atoms with E-state index in [2.05, 4.69) is 5.10 Å². The summed E-state index contributed by atoms with van der Waals surface area (Å²) >= 11 is 0. The van der Waals surface area contributed by atoms with Crippen LogP contribution in [-0.2, 0) is 11.8 Å². The standard InChI is InChI=1S/C29H33N5O3/c1-31-17-23(25-24(18-31)27(36)34(30-25)22-5-3-2-4-6-22)26(35)32-7-9-33(10-8-32)28(37)29-14-19-11-20(15-29)13-21(12-19)16-29/h2-6,17-21H,7-16H2,1H3. The number of para-hydroxylation sites is 1. The summed E-state index contributed by atoms with van der Waals surface area (Å²) in [5.41, 5.74) is 1.55. The maximum Gasteiger partial charge on any atom is 0.282 e. The summed E-state index contributed by atoms with van der Waals surface area (Å²) in [7, 11) is 1.82. The van der Waals surface area contributed by atoms with Gasteiger partial charge in [0, 0.05) is 45.6 Å². The number of nitrogens with zero attached hydrogens (tertiary/aromatic N) is 5. The second kappa shape index (κ2) is 8.30. The molecular weight excluding hydrogens is 466 g/mol. The van der Waals surface area contributed by atoms with Gasteiger partial charge in [-0.15, -0.1) is 0 Å². The van der Waals surface area contributed by atoms with E-state index in [0.29, 0.717) is 54.6 Å². The van der Waals surface area contributed by atoms with E-state index in [1.54, 1.807) is 17.0 Å². The molecule has 2 amide bonds. The van der Waals surface area contributed by atoms with Crippen LogP contribution in [0, 0.1) is 23.2 Å². The number of rotatable bonds is 3. The van der Waals surface area contributed by atoms with Crippen LogP contribution >= 0.6 is 0 Å². The Morgan fingerprint density at radius 3 is 2.08 bits per heavy atom. The van der Waals surface area contributed by atoms with Crippen LogP contribution in [0.1, 0.15) is 48.9 Å². The van der Waals surface area contributed by atoms with Gasteiger partial charge in [0.25, 0.3) is 11.5 Å². The van der Waals surface area contributed by atoms with Gasteiger partial charge in [0.2, 0.25) is 5.91 Å². The highest BCUT2D eigenvalue weighted by molar-refractivity contribution is 6.00. The number of pyridine rings is 1. The van der Waals surface area contributed by atoms with Crippen molar-refractivity contribution in [1.82, 2.24) is 24.1 Å². The van der Waals surface area contributed by atoms with Crippen LogP contribution in [0.4, 0.5) is 0 Å². The molecule has 0 unspecified atom stereocenters. The van der Waals surface area contributed by atoms with Crippen molar-refractivity contribution >= 4 is 11.8 Å². The lowest BCUT2D eigenvalue weighted by Gasteiger charge is -2.57. The molecule has 8 heteroatoms. The molecule has 0 atom stereocenters. The van der Waals surface area contributed by atoms with Gasteiger partial charge in [0.05, 0.1) is 22.2 Å². The highest BCUT2D eigenvalue weighted by Crippen LogP contribution is 2.60. The first kappa shape index (κ1) is 22.8. The van der Waals surface area contributed by atoms with Crippen molar-refractivity contribution in [2.24, 2.45) is 30.2 Å². The van der Waals surface area contributed by atoms with Gasteiger partial charge in [0.15, 0.2) is 0 Å². The average molecular weight is 500 g/mol. The number of hydrogen-bond donors (Lipinski definition) is 0. The van der Waals surface area contributed by atoms with E-state index in [0.717, 1.165) is 37.0 Å². The molecule has 4 bridgehead atoms. The Balaban J connectivity index is 1.11. The third-order valence-corrected chi connectivity index (χ3v) is 9.38. The molecule has 3 heterocycles. The van der Waals surface area contributed by atoms with Crippen molar-refractivity contribution in [2.75, 3.05) is 26.2 Å². The quantitative estimate of drug-likeness (QED) is 0.555. The van der Waals surface area contributed by atoms with E-state index < -0.39 is 0 Å². The van der Waals surface area contributed by atoms with Crippen LogP contribution in [0.25, 0.3) is 16.9 Å². The minimum Gasteiger partial charge on any atom is -0.356 e. The van der Waals surface area contributed by atoms with Crippen molar-refractivity contribution in [3.63, 3.8) is 0 Å². The molecule has 8 rings (SSSR count). The highest BCUT2D eigenvalue weighted by atomic mass is 16.2. The largest absolute Gasteiger partial charge is 0.356 e. The number of carbonyl (C=O) groups excluding carboxylic acids is 2. The van der Waals surface area contributed by atoms with Crippen molar-refractivity contribution in [3.8, 4) is 16.9 Å². The predicted molar refractivity (Wildman–Crippen MR) is 139 cm³/mol. The van der Waals surface area contributed by atoms with Gasteiger partial charge >= 0.3 is 0 Å². The summed E-state index contributed by atoms with van der Waals surface area (Å²) in [5.74, 6) is 2.41. The highest BCUT2D eigenvalue weighted by Gasteiger charge is 2.55. The molecule has 8 nitrogen and oxygen atoms in total. The predicted octanol–water partition coefficient (Wildman–Crippen LogP) is 3.18. The number of piperazine rings is 1. The van der Waals surface area contributed by atoms with E-state index in [-0.39, 0.29) is 16.9 Å². The summed E-state index contributed by atoms with van der Waals surface area (Å²) in [6, 6.07) is 9.26. The molecule has 7 aliphatic rings. The summed E-state index contributed by atoms with van der Waals surface area (Å²) in [4.78, 5) is 44.4. The first-order valence-corrected chi connectivity index (χ1v) is 13.6. The minimum atomic E-state index is -0.238. The van der Waals surface area contributed by atoms with Crippen LogP contribution in [0.3, 0.4) is 0 Å². The number of aryl methyl sites for hydroxylation is 1. The monoisotopic (exact) mass is 499 g/mol. The minimum absolute atomic E-state index is 0.138. The van der Waals surface area contributed by atoms with Gasteiger partial charge in [-0.3, -0.25) is 14.4 Å². The molecule has 4 saturated carbocycles. The zero-order valence-electron chi connectivity index (χ0n) is 21.3. The topological polar surface area (TPSA) is 80.4 Å². The van der Waals surface area contributed by atoms with Crippen LogP contribution < -0.4 is 5.56 Å². The average Bonchev–Trinajstić information content (AvgIpc) is 3.23. The Morgan fingerprint density at radius 2 is 1.46 bits per heavy atom. The lowest BCUT2D eigenvalue weighted by Crippen LogP contribution is -2.58. The summed E-state index contributed by atoms with van der Waals surface area (Å²) < 4.78 is 3.12. The maximum atomic E-state index is 13.8. The number of fused-ring (bicyclic) bond motifs is 1. The first-order chi connectivity index (χ1) is 17.9. The molecule has 192 valence electrons. The number of carbonyl (C=O) groups is 2. The SMILES string of the molecule is Cn1cc(C(=O)N2CCN(C(=O)C34CC5CC(CC(C5)C3)C4)CC2)c2nn(-c3ccccc3)c(=O)c-2c1. The number of aromatic nitrogens is 3. The maximum absolute atomic E-state index is 13.8. The Labute approximate surface area is 216 Å². The van der Waals surface area contributed by atoms with Crippen LogP contribution in [0.5, 0.6) is 0 Å². The fourth-order valence-electron chi connectivity index (χ4n) is 8.13. The Morgan fingerprint density at radius 1 is 0.865 bits per heavy atom. The fourth-order valence-corrected chi connectivity index (χ4v) is 8.13. The smallest absolute Gasteiger partial charge is 0.282 e. The van der Waals surface area contributed by atoms with Gasteiger partial charge in [0.1, 0.15) is 5.69 Å². The normalized spacial score (nSPS) is 28.7. The van der Waals surface area contributed by atoms with Crippen molar-refractivity contribution in [3.05, 3.63) is 58.6 Å². The molecule has 1 aromatic carbocycles. The summed E-state index contributed by atoms with van der Waals surface area (Å²) in [6.07, 6.45) is 10.6. The molecule has 0 aromatic heterocycles. The van der Waals surface area contributed by atoms with Gasteiger partial charge in [-0.2, -0.15) is 9.78 Å². The molecule has 37 heavy (non-hydrogen) atoms. The zero-order valence-corrected chi connectivity index (χ0v) is 21.3. The van der Waals surface area contributed by atoms with Gasteiger partial charge in [-0.05, 0) is 68.4 Å². The number of amides is 2. The molecule has 3 aliphatic heterocycles. The lowest BCUT2D eigenvalue weighted by atomic mass is 9.49. The molecule has 0 N–H and O–H groups in total. The molecular formula is C29H33N5O3. The van der Waals surface area contributed by atoms with Gasteiger partial charge < -0.3 is 14.4 Å². The Bertz CT molecular complexity index is 1360. The van der Waals surface area contributed by atoms with E-state index >= 15 is 0 Å². The van der Waals surface area contributed by atoms with Crippen LogP contribution in [0.2, 0.25) is 0 Å². The van der Waals surface area contributed by atoms with Gasteiger partial charge in [-0.1, -0.05) is 18.2 Å². The summed E-state index contributed by atoms with van der Waals surface area (Å²) in [6.45, 7) is 2.14. The fraction of sp³-hybridized carbons (Fsp3) is 0.517. The molecule has 0 radical (unpaired) electrons. The second-order valence-corrected chi connectivity index (χ2v) is 11.9. The Kier molecular flexibility index (Phi) is 5.10. The van der Waals surface area contributed by atoms with E-state index in [1.165, 1.54) is 23.9 Å². The lowest BCUT2D eigenvalue weighted by molar-refractivity contribution is -0.159. The summed E-state index contributed by atoms with van der Waals surface area (Å²) in [5, 5.41) is 4.57. The number of hydrogen-bond acceptors (Lipinski definition) is 4. The molecule has 4 aliphatic carbocycles. The molecule has 5 fully saturated rings. The second-order valence-electron chi connectivity index (χ2n) is 11.9. The van der Waals surface area contributed by atoms with Crippen LogP contribution in [-0.4, -0.2) is 62.1 Å². The molecule has 1 saturated heterocycles. The van der Waals surface area contributed by atoms with E-state index in [9.17, 15) is 14.4 Å². The van der Waals surface area contributed by atoms with Crippen molar-refractivity contribution in [1.29, 1.82) is 0 Å².